The van der Waals surface area contributed by atoms with Crippen molar-refractivity contribution in [1.29, 1.82) is 0 Å². The Morgan fingerprint density at radius 3 is 2.77 bits per heavy atom. The van der Waals surface area contributed by atoms with Crippen LogP contribution in [0.4, 0.5) is 10.1 Å². The maximum absolute atomic E-state index is 14.3. The molecule has 114 valence electrons. The smallest absolute Gasteiger partial charge is 0.177 e. The fourth-order valence-electron chi connectivity index (χ4n) is 2.57. The van der Waals surface area contributed by atoms with Gasteiger partial charge in [0.1, 0.15) is 17.4 Å². The lowest BCUT2D eigenvalue weighted by Crippen LogP contribution is -2.40. The number of fused-ring (bicyclic) bond motifs is 1. The molecular weight excluding hydrogens is 307 g/mol. The van der Waals surface area contributed by atoms with Crippen molar-refractivity contribution in [1.82, 2.24) is 0 Å². The van der Waals surface area contributed by atoms with Crippen LogP contribution in [0.15, 0.2) is 41.4 Å². The first-order valence-corrected chi connectivity index (χ1v) is 7.14. The SMILES string of the molecule is CCOc1ccc(F)c(C2(O)C(N)=Nc3ccc(Cl)cc32)c1. The van der Waals surface area contributed by atoms with Crippen LogP contribution in [-0.4, -0.2) is 17.5 Å². The predicted octanol–water partition coefficient (Wildman–Crippen LogP) is 3.12. The molecule has 0 amide bonds. The lowest BCUT2D eigenvalue weighted by Gasteiger charge is -2.25. The second-order valence-electron chi connectivity index (χ2n) is 4.94. The van der Waals surface area contributed by atoms with E-state index in [-0.39, 0.29) is 11.4 Å². The van der Waals surface area contributed by atoms with Crippen molar-refractivity contribution in [2.24, 2.45) is 10.7 Å². The van der Waals surface area contributed by atoms with E-state index in [9.17, 15) is 9.50 Å². The van der Waals surface area contributed by atoms with Gasteiger partial charge in [0.2, 0.25) is 0 Å². The zero-order valence-electron chi connectivity index (χ0n) is 11.8. The molecule has 0 bridgehead atoms. The van der Waals surface area contributed by atoms with Crippen molar-refractivity contribution in [2.75, 3.05) is 6.61 Å². The van der Waals surface area contributed by atoms with Crippen molar-refractivity contribution in [2.45, 2.75) is 12.5 Å². The molecule has 0 fully saturated rings. The third-order valence-corrected chi connectivity index (χ3v) is 3.83. The van der Waals surface area contributed by atoms with Crippen LogP contribution in [0.3, 0.4) is 0 Å². The topological polar surface area (TPSA) is 67.8 Å². The normalized spacial score (nSPS) is 19.7. The number of aliphatic imine (C=N–C) groups is 1. The quantitative estimate of drug-likeness (QED) is 0.913. The van der Waals surface area contributed by atoms with Crippen molar-refractivity contribution >= 4 is 23.1 Å². The minimum atomic E-state index is -1.86. The van der Waals surface area contributed by atoms with E-state index >= 15 is 0 Å². The van der Waals surface area contributed by atoms with Gasteiger partial charge in [-0.1, -0.05) is 11.6 Å². The zero-order chi connectivity index (χ0) is 15.9. The summed E-state index contributed by atoms with van der Waals surface area (Å²) >= 11 is 5.99. The minimum Gasteiger partial charge on any atom is -0.494 e. The minimum absolute atomic E-state index is 0.0132. The molecule has 0 saturated carbocycles. The molecule has 6 heteroatoms. The number of nitrogens with zero attached hydrogens (tertiary/aromatic N) is 1. The van der Waals surface area contributed by atoms with Gasteiger partial charge in [0.05, 0.1) is 12.3 Å². The van der Waals surface area contributed by atoms with E-state index in [1.54, 1.807) is 12.1 Å². The molecule has 0 radical (unpaired) electrons. The van der Waals surface area contributed by atoms with E-state index < -0.39 is 11.4 Å². The Balaban J connectivity index is 2.21. The highest BCUT2D eigenvalue weighted by atomic mass is 35.5. The van der Waals surface area contributed by atoms with Gasteiger partial charge in [-0.3, -0.25) is 0 Å². The Bertz CT molecular complexity index is 779. The first kappa shape index (κ1) is 14.8. The largest absolute Gasteiger partial charge is 0.494 e. The molecule has 2 aromatic rings. The van der Waals surface area contributed by atoms with Gasteiger partial charge in [-0.2, -0.15) is 0 Å². The van der Waals surface area contributed by atoms with Crippen LogP contribution in [0.25, 0.3) is 0 Å². The van der Waals surface area contributed by atoms with Crippen molar-refractivity contribution in [3.8, 4) is 5.75 Å². The first-order valence-electron chi connectivity index (χ1n) is 6.76. The molecule has 3 rings (SSSR count). The summed E-state index contributed by atoms with van der Waals surface area (Å²) in [7, 11) is 0. The average molecular weight is 321 g/mol. The van der Waals surface area contributed by atoms with Crippen LogP contribution in [0, 0.1) is 5.82 Å². The van der Waals surface area contributed by atoms with Crippen LogP contribution in [-0.2, 0) is 5.60 Å². The molecule has 1 aliphatic rings. The third kappa shape index (κ3) is 2.14. The average Bonchev–Trinajstić information content (AvgIpc) is 2.74. The molecule has 0 saturated heterocycles. The van der Waals surface area contributed by atoms with Crippen LogP contribution < -0.4 is 10.5 Å². The van der Waals surface area contributed by atoms with E-state index in [1.807, 2.05) is 6.92 Å². The maximum atomic E-state index is 14.3. The lowest BCUT2D eigenvalue weighted by molar-refractivity contribution is 0.153. The fourth-order valence-corrected chi connectivity index (χ4v) is 2.74. The monoisotopic (exact) mass is 320 g/mol. The van der Waals surface area contributed by atoms with Gasteiger partial charge >= 0.3 is 0 Å². The molecular formula is C16H14ClFN2O2. The summed E-state index contributed by atoms with van der Waals surface area (Å²) in [5.41, 5.74) is 4.83. The van der Waals surface area contributed by atoms with Gasteiger partial charge < -0.3 is 15.6 Å². The van der Waals surface area contributed by atoms with E-state index in [1.165, 1.54) is 24.3 Å². The van der Waals surface area contributed by atoms with E-state index in [0.29, 0.717) is 28.6 Å². The molecule has 0 aromatic heterocycles. The summed E-state index contributed by atoms with van der Waals surface area (Å²) < 4.78 is 19.7. The standard InChI is InChI=1S/C16H14ClFN2O2/c1-2-22-10-4-5-13(18)11(8-10)16(21)12-7-9(17)3-6-14(12)20-15(16)19/h3-8,21H,2H2,1H3,(H2,19,20). The predicted molar refractivity (Wildman–Crippen MR) is 83.3 cm³/mol. The molecule has 1 atom stereocenters. The second-order valence-corrected chi connectivity index (χ2v) is 5.38. The van der Waals surface area contributed by atoms with Crippen LogP contribution in [0.5, 0.6) is 5.75 Å². The molecule has 3 N–H and O–H groups in total. The Morgan fingerprint density at radius 2 is 2.05 bits per heavy atom. The summed E-state index contributed by atoms with van der Waals surface area (Å²) in [5, 5.41) is 11.5. The van der Waals surface area contributed by atoms with Crippen LogP contribution >= 0.6 is 11.6 Å². The Hall–Kier alpha value is -2.11. The summed E-state index contributed by atoms with van der Waals surface area (Å²) in [6, 6.07) is 8.95. The van der Waals surface area contributed by atoms with Gasteiger partial charge in [0, 0.05) is 16.1 Å². The van der Waals surface area contributed by atoms with Gasteiger partial charge in [0.25, 0.3) is 0 Å². The Morgan fingerprint density at radius 1 is 1.27 bits per heavy atom. The van der Waals surface area contributed by atoms with Crippen molar-refractivity contribution < 1.29 is 14.2 Å². The van der Waals surface area contributed by atoms with E-state index in [4.69, 9.17) is 22.1 Å². The zero-order valence-corrected chi connectivity index (χ0v) is 12.6. The third-order valence-electron chi connectivity index (χ3n) is 3.60. The van der Waals surface area contributed by atoms with E-state index in [2.05, 4.69) is 4.99 Å². The van der Waals surface area contributed by atoms with E-state index in [0.717, 1.165) is 0 Å². The number of hydrogen-bond donors (Lipinski definition) is 2. The molecule has 2 aromatic carbocycles. The Kier molecular flexibility index (Phi) is 3.54. The maximum Gasteiger partial charge on any atom is 0.177 e. The Labute approximate surface area is 132 Å². The molecule has 1 unspecified atom stereocenters. The summed E-state index contributed by atoms with van der Waals surface area (Å²) in [6.07, 6.45) is 0. The molecule has 1 heterocycles. The summed E-state index contributed by atoms with van der Waals surface area (Å²) in [6.45, 7) is 2.24. The van der Waals surface area contributed by atoms with Gasteiger partial charge in [0.15, 0.2) is 5.60 Å². The van der Waals surface area contributed by atoms with Gasteiger partial charge in [-0.15, -0.1) is 0 Å². The summed E-state index contributed by atoms with van der Waals surface area (Å²) in [4.78, 5) is 4.12. The van der Waals surface area contributed by atoms with Gasteiger partial charge in [-0.25, -0.2) is 9.38 Å². The fraction of sp³-hybridized carbons (Fsp3) is 0.188. The molecule has 4 nitrogen and oxygen atoms in total. The van der Waals surface area contributed by atoms with Crippen LogP contribution in [0.1, 0.15) is 18.1 Å². The number of rotatable bonds is 3. The van der Waals surface area contributed by atoms with Gasteiger partial charge in [-0.05, 0) is 43.3 Å². The number of aliphatic hydroxyl groups is 1. The van der Waals surface area contributed by atoms with Crippen LogP contribution in [0.2, 0.25) is 5.02 Å². The second kappa shape index (κ2) is 5.26. The molecule has 22 heavy (non-hydrogen) atoms. The first-order chi connectivity index (χ1) is 10.5. The number of hydrogen-bond acceptors (Lipinski definition) is 4. The number of benzene rings is 2. The highest BCUT2D eigenvalue weighted by Crippen LogP contribution is 2.44. The lowest BCUT2D eigenvalue weighted by atomic mass is 9.86. The highest BCUT2D eigenvalue weighted by molar-refractivity contribution is 6.30. The molecule has 0 aliphatic carbocycles. The number of nitrogens with two attached hydrogens (primary N) is 1. The number of ether oxygens (including phenoxy) is 1. The van der Waals surface area contributed by atoms with Crippen molar-refractivity contribution in [3.05, 3.63) is 58.4 Å². The number of halogens is 2. The molecule has 0 spiro atoms. The van der Waals surface area contributed by atoms with Crippen molar-refractivity contribution in [3.63, 3.8) is 0 Å². The highest BCUT2D eigenvalue weighted by Gasteiger charge is 2.44. The summed E-state index contributed by atoms with van der Waals surface area (Å²) in [5.74, 6) is -0.259. The molecule has 1 aliphatic heterocycles. The number of amidine groups is 1.